The second kappa shape index (κ2) is 5.99. The Bertz CT molecular complexity index is 592. The predicted molar refractivity (Wildman–Crippen MR) is 88.0 cm³/mol. The number of likely N-dealkylation sites (tertiary alicyclic amines) is 1. The van der Waals surface area contributed by atoms with Crippen molar-refractivity contribution in [3.05, 3.63) is 35.9 Å². The van der Waals surface area contributed by atoms with Crippen molar-refractivity contribution < 1.29 is 14.7 Å². The average Bonchev–Trinajstić information content (AvgIpc) is 3.25. The van der Waals surface area contributed by atoms with E-state index < -0.39 is 5.97 Å². The fourth-order valence-corrected chi connectivity index (χ4v) is 3.78. The molecule has 2 atom stereocenters. The largest absolute Gasteiger partial charge is 0.481 e. The zero-order valence-electron chi connectivity index (χ0n) is 13.9. The summed E-state index contributed by atoms with van der Waals surface area (Å²) in [6.45, 7) is 5.14. The van der Waals surface area contributed by atoms with E-state index in [1.54, 1.807) is 4.90 Å². The highest BCUT2D eigenvalue weighted by atomic mass is 16.4. The van der Waals surface area contributed by atoms with Gasteiger partial charge in [-0.2, -0.15) is 0 Å². The molecule has 4 nitrogen and oxygen atoms in total. The van der Waals surface area contributed by atoms with E-state index in [9.17, 15) is 14.7 Å². The van der Waals surface area contributed by atoms with Crippen LogP contribution in [0.3, 0.4) is 0 Å². The molecule has 1 N–H and O–H groups in total. The van der Waals surface area contributed by atoms with Crippen LogP contribution in [0.2, 0.25) is 0 Å². The highest BCUT2D eigenvalue weighted by Gasteiger charge is 2.47. The summed E-state index contributed by atoms with van der Waals surface area (Å²) in [4.78, 5) is 26.0. The fraction of sp³-hybridized carbons (Fsp3) is 0.579. The van der Waals surface area contributed by atoms with Crippen molar-refractivity contribution in [1.29, 1.82) is 0 Å². The molecule has 0 radical (unpaired) electrons. The first-order valence-corrected chi connectivity index (χ1v) is 8.44. The molecule has 1 saturated heterocycles. The quantitative estimate of drug-likeness (QED) is 0.909. The maximum Gasteiger partial charge on any atom is 0.308 e. The van der Waals surface area contributed by atoms with Crippen LogP contribution in [0.4, 0.5) is 0 Å². The lowest BCUT2D eigenvalue weighted by Crippen LogP contribution is -2.34. The first kappa shape index (κ1) is 16.0. The second-order valence-electron chi connectivity index (χ2n) is 7.67. The predicted octanol–water partition coefficient (Wildman–Crippen LogP) is 2.92. The molecular weight excluding hydrogens is 290 g/mol. The molecule has 1 aromatic carbocycles. The molecule has 1 amide bonds. The van der Waals surface area contributed by atoms with Gasteiger partial charge >= 0.3 is 5.97 Å². The van der Waals surface area contributed by atoms with Gasteiger partial charge < -0.3 is 10.0 Å². The van der Waals surface area contributed by atoms with Gasteiger partial charge in [-0.15, -0.1) is 0 Å². The Morgan fingerprint density at radius 3 is 2.39 bits per heavy atom. The van der Waals surface area contributed by atoms with E-state index in [1.807, 2.05) is 30.3 Å². The van der Waals surface area contributed by atoms with Gasteiger partial charge in [-0.1, -0.05) is 44.2 Å². The van der Waals surface area contributed by atoms with Crippen molar-refractivity contribution in [3.8, 4) is 0 Å². The molecule has 0 aromatic heterocycles. The van der Waals surface area contributed by atoms with Crippen LogP contribution < -0.4 is 0 Å². The number of carboxylic acid groups (broad SMARTS) is 1. The van der Waals surface area contributed by atoms with Crippen LogP contribution >= 0.6 is 0 Å². The average molecular weight is 315 g/mol. The van der Waals surface area contributed by atoms with E-state index in [0.29, 0.717) is 25.4 Å². The van der Waals surface area contributed by atoms with Crippen LogP contribution in [0.15, 0.2) is 30.3 Å². The molecule has 4 heteroatoms. The SMILES string of the molecule is CC(C)(CC(=O)N1C[C@H](C(=O)O)[C@@H](C2CC2)C1)c1ccccc1. The molecule has 0 unspecified atom stereocenters. The van der Waals surface area contributed by atoms with E-state index in [0.717, 1.165) is 18.4 Å². The maximum atomic E-state index is 12.7. The highest BCUT2D eigenvalue weighted by molar-refractivity contribution is 5.80. The molecule has 2 fully saturated rings. The fourth-order valence-electron chi connectivity index (χ4n) is 3.78. The molecule has 0 spiro atoms. The van der Waals surface area contributed by atoms with Gasteiger partial charge in [0.1, 0.15) is 0 Å². The molecule has 1 aromatic rings. The summed E-state index contributed by atoms with van der Waals surface area (Å²) in [5, 5.41) is 9.43. The number of carbonyl (C=O) groups excluding carboxylic acids is 1. The molecule has 2 aliphatic rings. The Morgan fingerprint density at radius 2 is 1.83 bits per heavy atom. The molecule has 1 saturated carbocycles. The first-order valence-electron chi connectivity index (χ1n) is 8.44. The molecule has 3 rings (SSSR count). The van der Waals surface area contributed by atoms with Crippen molar-refractivity contribution in [3.63, 3.8) is 0 Å². The van der Waals surface area contributed by atoms with Crippen molar-refractivity contribution >= 4 is 11.9 Å². The zero-order valence-corrected chi connectivity index (χ0v) is 13.9. The van der Waals surface area contributed by atoms with Gasteiger partial charge in [-0.05, 0) is 35.7 Å². The number of aliphatic carboxylic acids is 1. The maximum absolute atomic E-state index is 12.7. The Labute approximate surface area is 137 Å². The number of carboxylic acids is 1. The highest BCUT2D eigenvalue weighted by Crippen LogP contribution is 2.44. The number of carbonyl (C=O) groups is 2. The van der Waals surface area contributed by atoms with E-state index >= 15 is 0 Å². The lowest BCUT2D eigenvalue weighted by atomic mass is 9.81. The van der Waals surface area contributed by atoms with Crippen molar-refractivity contribution in [2.24, 2.45) is 17.8 Å². The van der Waals surface area contributed by atoms with E-state index in [1.165, 1.54) is 0 Å². The Morgan fingerprint density at radius 1 is 1.17 bits per heavy atom. The van der Waals surface area contributed by atoms with Crippen molar-refractivity contribution in [2.75, 3.05) is 13.1 Å². The van der Waals surface area contributed by atoms with Crippen LogP contribution in [0.5, 0.6) is 0 Å². The molecule has 23 heavy (non-hydrogen) atoms. The van der Waals surface area contributed by atoms with Crippen molar-refractivity contribution in [1.82, 2.24) is 4.90 Å². The third-order valence-electron chi connectivity index (χ3n) is 5.41. The molecule has 1 heterocycles. The lowest BCUT2D eigenvalue weighted by Gasteiger charge is -2.27. The third-order valence-corrected chi connectivity index (χ3v) is 5.41. The van der Waals surface area contributed by atoms with Crippen LogP contribution in [-0.2, 0) is 15.0 Å². The Hall–Kier alpha value is -1.84. The van der Waals surface area contributed by atoms with E-state index in [2.05, 4.69) is 13.8 Å². The zero-order chi connectivity index (χ0) is 16.6. The number of hydrogen-bond donors (Lipinski definition) is 1. The van der Waals surface area contributed by atoms with Gasteiger partial charge in [0.05, 0.1) is 5.92 Å². The number of hydrogen-bond acceptors (Lipinski definition) is 2. The minimum absolute atomic E-state index is 0.0771. The second-order valence-corrected chi connectivity index (χ2v) is 7.67. The van der Waals surface area contributed by atoms with Crippen LogP contribution in [0.25, 0.3) is 0 Å². The summed E-state index contributed by atoms with van der Waals surface area (Å²) < 4.78 is 0. The van der Waals surface area contributed by atoms with Crippen LogP contribution in [0, 0.1) is 17.8 Å². The normalized spacial score (nSPS) is 24.7. The summed E-state index contributed by atoms with van der Waals surface area (Å²) in [7, 11) is 0. The topological polar surface area (TPSA) is 57.6 Å². The number of nitrogens with zero attached hydrogens (tertiary/aromatic N) is 1. The standard InChI is InChI=1S/C19H25NO3/c1-19(2,14-6-4-3-5-7-14)10-17(21)20-11-15(13-8-9-13)16(12-20)18(22)23/h3-7,13,15-16H,8-12H2,1-2H3,(H,22,23)/t15-,16+/m1/s1. The van der Waals surface area contributed by atoms with Gasteiger partial charge in [0, 0.05) is 19.5 Å². The lowest BCUT2D eigenvalue weighted by molar-refractivity contribution is -0.142. The first-order chi connectivity index (χ1) is 10.9. The summed E-state index contributed by atoms with van der Waals surface area (Å²) in [5.74, 6) is -0.397. The van der Waals surface area contributed by atoms with Gasteiger partial charge in [0.25, 0.3) is 0 Å². The summed E-state index contributed by atoms with van der Waals surface area (Å²) in [6, 6.07) is 10.0. The smallest absolute Gasteiger partial charge is 0.308 e. The number of benzene rings is 1. The van der Waals surface area contributed by atoms with E-state index in [4.69, 9.17) is 0 Å². The van der Waals surface area contributed by atoms with Gasteiger partial charge in [-0.3, -0.25) is 9.59 Å². The van der Waals surface area contributed by atoms with Gasteiger partial charge in [0.2, 0.25) is 5.91 Å². The number of rotatable bonds is 5. The number of amides is 1. The molecule has 1 aliphatic heterocycles. The summed E-state index contributed by atoms with van der Waals surface area (Å²) in [5.41, 5.74) is 0.899. The summed E-state index contributed by atoms with van der Waals surface area (Å²) in [6.07, 6.45) is 2.65. The Kier molecular flexibility index (Phi) is 4.17. The van der Waals surface area contributed by atoms with Crippen LogP contribution in [-0.4, -0.2) is 35.0 Å². The minimum Gasteiger partial charge on any atom is -0.481 e. The molecule has 1 aliphatic carbocycles. The Balaban J connectivity index is 1.68. The molecular formula is C19H25NO3. The van der Waals surface area contributed by atoms with E-state index in [-0.39, 0.29) is 23.2 Å². The summed E-state index contributed by atoms with van der Waals surface area (Å²) >= 11 is 0. The van der Waals surface area contributed by atoms with Crippen molar-refractivity contribution in [2.45, 2.75) is 38.5 Å². The van der Waals surface area contributed by atoms with Gasteiger partial charge in [0.15, 0.2) is 0 Å². The van der Waals surface area contributed by atoms with Gasteiger partial charge in [-0.25, -0.2) is 0 Å². The monoisotopic (exact) mass is 315 g/mol. The third kappa shape index (κ3) is 3.41. The minimum atomic E-state index is -0.750. The van der Waals surface area contributed by atoms with Crippen LogP contribution in [0.1, 0.15) is 38.7 Å². The molecule has 0 bridgehead atoms. The molecule has 124 valence electrons.